The van der Waals surface area contributed by atoms with Gasteiger partial charge in [0.25, 0.3) is 0 Å². The molecular formula is C16H34N2O3. The van der Waals surface area contributed by atoms with Crippen molar-refractivity contribution >= 4 is 5.97 Å². The molecule has 0 rings (SSSR count). The Kier molecular flexibility index (Phi) is 10.6. The van der Waals surface area contributed by atoms with E-state index in [-0.39, 0.29) is 5.97 Å². The molecule has 0 saturated heterocycles. The molecule has 0 radical (unpaired) electrons. The maximum Gasteiger partial charge on any atom is 0.325 e. The standard InChI is InChI=1S/C16H34N2O3/c1-7-11-17-16(3,15(19)21-6)10-8-9-12-18(4)14(2)13-20-5/h14,17H,7-13H2,1-6H3. The highest BCUT2D eigenvalue weighted by Gasteiger charge is 2.32. The van der Waals surface area contributed by atoms with Gasteiger partial charge >= 0.3 is 5.97 Å². The van der Waals surface area contributed by atoms with Gasteiger partial charge in [0.2, 0.25) is 0 Å². The molecule has 2 atom stereocenters. The molecule has 0 aromatic rings. The Labute approximate surface area is 130 Å². The number of nitrogens with zero attached hydrogens (tertiary/aromatic N) is 1. The second-order valence-corrected chi connectivity index (χ2v) is 5.99. The van der Waals surface area contributed by atoms with Gasteiger partial charge in [-0.15, -0.1) is 0 Å². The molecule has 0 aliphatic carbocycles. The van der Waals surface area contributed by atoms with Crippen LogP contribution in [-0.4, -0.2) is 63.4 Å². The number of hydrogen-bond donors (Lipinski definition) is 1. The number of likely N-dealkylation sites (N-methyl/N-ethyl adjacent to an activating group) is 1. The fraction of sp³-hybridized carbons (Fsp3) is 0.938. The monoisotopic (exact) mass is 302 g/mol. The summed E-state index contributed by atoms with van der Waals surface area (Å²) in [7, 11) is 5.29. The molecule has 0 fully saturated rings. The van der Waals surface area contributed by atoms with Crippen molar-refractivity contribution in [2.24, 2.45) is 0 Å². The van der Waals surface area contributed by atoms with Crippen LogP contribution in [0.25, 0.3) is 0 Å². The number of esters is 1. The lowest BCUT2D eigenvalue weighted by Crippen LogP contribution is -2.50. The molecule has 0 spiro atoms. The lowest BCUT2D eigenvalue weighted by atomic mass is 9.94. The molecule has 0 aliphatic heterocycles. The van der Waals surface area contributed by atoms with E-state index in [4.69, 9.17) is 9.47 Å². The fourth-order valence-electron chi connectivity index (χ4n) is 2.32. The predicted octanol–water partition coefficient (Wildman–Crippen LogP) is 2.05. The fourth-order valence-corrected chi connectivity index (χ4v) is 2.32. The highest BCUT2D eigenvalue weighted by Crippen LogP contribution is 2.16. The largest absolute Gasteiger partial charge is 0.468 e. The Morgan fingerprint density at radius 2 is 2.00 bits per heavy atom. The summed E-state index contributed by atoms with van der Waals surface area (Å²) in [5.41, 5.74) is -0.568. The zero-order valence-corrected chi connectivity index (χ0v) is 14.7. The topological polar surface area (TPSA) is 50.8 Å². The molecule has 1 N–H and O–H groups in total. The third-order valence-corrected chi connectivity index (χ3v) is 4.00. The lowest BCUT2D eigenvalue weighted by molar-refractivity contribution is -0.148. The summed E-state index contributed by atoms with van der Waals surface area (Å²) in [6, 6.07) is 0.417. The van der Waals surface area contributed by atoms with Gasteiger partial charge in [-0.25, -0.2) is 0 Å². The van der Waals surface area contributed by atoms with E-state index < -0.39 is 5.54 Å². The number of carbonyl (C=O) groups is 1. The minimum absolute atomic E-state index is 0.169. The summed E-state index contributed by atoms with van der Waals surface area (Å²) in [4.78, 5) is 14.2. The van der Waals surface area contributed by atoms with Crippen molar-refractivity contribution < 1.29 is 14.3 Å². The van der Waals surface area contributed by atoms with Crippen LogP contribution >= 0.6 is 0 Å². The summed E-state index contributed by atoms with van der Waals surface area (Å²) < 4.78 is 10.1. The number of methoxy groups -OCH3 is 2. The molecule has 21 heavy (non-hydrogen) atoms. The Bertz CT molecular complexity index is 287. The first-order valence-electron chi connectivity index (χ1n) is 7.93. The zero-order chi connectivity index (χ0) is 16.3. The smallest absolute Gasteiger partial charge is 0.325 e. The molecule has 126 valence electrons. The van der Waals surface area contributed by atoms with Crippen molar-refractivity contribution in [3.05, 3.63) is 0 Å². The quantitative estimate of drug-likeness (QED) is 0.442. The van der Waals surface area contributed by atoms with Crippen molar-refractivity contribution in [2.75, 3.05) is 41.0 Å². The first kappa shape index (κ1) is 20.3. The molecule has 0 saturated carbocycles. The highest BCUT2D eigenvalue weighted by molar-refractivity contribution is 5.80. The minimum atomic E-state index is -0.568. The first-order chi connectivity index (χ1) is 9.91. The van der Waals surface area contributed by atoms with Crippen molar-refractivity contribution in [1.29, 1.82) is 0 Å². The van der Waals surface area contributed by atoms with Gasteiger partial charge in [0, 0.05) is 13.2 Å². The van der Waals surface area contributed by atoms with Crippen LogP contribution in [0.1, 0.15) is 46.5 Å². The molecule has 0 amide bonds. The molecule has 5 nitrogen and oxygen atoms in total. The van der Waals surface area contributed by atoms with Crippen molar-refractivity contribution in [3.63, 3.8) is 0 Å². The normalized spacial score (nSPS) is 15.8. The summed E-state index contributed by atoms with van der Waals surface area (Å²) in [5, 5.41) is 3.32. The number of ether oxygens (including phenoxy) is 2. The second kappa shape index (κ2) is 11.0. The van der Waals surface area contributed by atoms with Gasteiger partial charge in [0.15, 0.2) is 0 Å². The molecule has 0 aliphatic rings. The number of carbonyl (C=O) groups excluding carboxylic acids is 1. The van der Waals surface area contributed by atoms with Crippen LogP contribution in [-0.2, 0) is 14.3 Å². The minimum Gasteiger partial charge on any atom is -0.468 e. The number of hydrogen-bond acceptors (Lipinski definition) is 5. The number of nitrogens with one attached hydrogen (secondary N) is 1. The van der Waals surface area contributed by atoms with E-state index in [1.54, 1.807) is 7.11 Å². The van der Waals surface area contributed by atoms with Gasteiger partial charge in [-0.1, -0.05) is 6.92 Å². The Hall–Kier alpha value is -0.650. The van der Waals surface area contributed by atoms with Gasteiger partial charge in [0.1, 0.15) is 5.54 Å². The van der Waals surface area contributed by atoms with Gasteiger partial charge in [-0.2, -0.15) is 0 Å². The third kappa shape index (κ3) is 7.79. The van der Waals surface area contributed by atoms with Crippen LogP contribution in [0.4, 0.5) is 0 Å². The van der Waals surface area contributed by atoms with E-state index in [2.05, 4.69) is 31.1 Å². The van der Waals surface area contributed by atoms with Crippen molar-refractivity contribution in [2.45, 2.75) is 58.0 Å². The molecular weight excluding hydrogens is 268 g/mol. The van der Waals surface area contributed by atoms with Crippen LogP contribution in [0.5, 0.6) is 0 Å². The average molecular weight is 302 g/mol. The molecule has 0 aromatic carbocycles. The van der Waals surface area contributed by atoms with Crippen LogP contribution in [0.3, 0.4) is 0 Å². The zero-order valence-electron chi connectivity index (χ0n) is 14.7. The Morgan fingerprint density at radius 3 is 2.52 bits per heavy atom. The van der Waals surface area contributed by atoms with E-state index in [0.717, 1.165) is 45.4 Å². The first-order valence-corrected chi connectivity index (χ1v) is 7.93. The van der Waals surface area contributed by atoms with E-state index in [0.29, 0.717) is 6.04 Å². The van der Waals surface area contributed by atoms with E-state index >= 15 is 0 Å². The van der Waals surface area contributed by atoms with Crippen LogP contribution in [0.2, 0.25) is 0 Å². The summed E-state index contributed by atoms with van der Waals surface area (Å²) in [6.07, 6.45) is 3.85. The van der Waals surface area contributed by atoms with E-state index in [1.165, 1.54) is 7.11 Å². The summed E-state index contributed by atoms with van der Waals surface area (Å²) >= 11 is 0. The van der Waals surface area contributed by atoms with Gasteiger partial charge in [-0.3, -0.25) is 4.79 Å². The van der Waals surface area contributed by atoms with E-state index in [9.17, 15) is 4.79 Å². The average Bonchev–Trinajstić information content (AvgIpc) is 2.48. The van der Waals surface area contributed by atoms with Gasteiger partial charge in [-0.05, 0) is 59.7 Å². The van der Waals surface area contributed by atoms with Crippen LogP contribution in [0, 0.1) is 0 Å². The van der Waals surface area contributed by atoms with Gasteiger partial charge < -0.3 is 19.7 Å². The van der Waals surface area contributed by atoms with E-state index in [1.807, 2.05) is 6.92 Å². The summed E-state index contributed by atoms with van der Waals surface area (Å²) in [6.45, 7) is 8.77. The SMILES string of the molecule is CCCNC(C)(CCCCN(C)C(C)COC)C(=O)OC. The lowest BCUT2D eigenvalue weighted by Gasteiger charge is -2.29. The van der Waals surface area contributed by atoms with Crippen LogP contribution in [0.15, 0.2) is 0 Å². The second-order valence-electron chi connectivity index (χ2n) is 5.99. The number of unbranched alkanes of at least 4 members (excludes halogenated alkanes) is 1. The van der Waals surface area contributed by atoms with Crippen molar-refractivity contribution in [1.82, 2.24) is 10.2 Å². The molecule has 0 heterocycles. The molecule has 5 heteroatoms. The van der Waals surface area contributed by atoms with Crippen molar-refractivity contribution in [3.8, 4) is 0 Å². The molecule has 0 bridgehead atoms. The maximum absolute atomic E-state index is 11.9. The van der Waals surface area contributed by atoms with Crippen LogP contribution < -0.4 is 5.32 Å². The Morgan fingerprint density at radius 1 is 1.33 bits per heavy atom. The highest BCUT2D eigenvalue weighted by atomic mass is 16.5. The molecule has 2 unspecified atom stereocenters. The predicted molar refractivity (Wildman–Crippen MR) is 86.5 cm³/mol. The van der Waals surface area contributed by atoms with Gasteiger partial charge in [0.05, 0.1) is 13.7 Å². The molecule has 0 aromatic heterocycles. The third-order valence-electron chi connectivity index (χ3n) is 4.00. The summed E-state index contributed by atoms with van der Waals surface area (Å²) in [5.74, 6) is -0.169. The maximum atomic E-state index is 11.9. The Balaban J connectivity index is 4.16. The number of rotatable bonds is 12.